The van der Waals surface area contributed by atoms with Crippen molar-refractivity contribution in [1.29, 1.82) is 0 Å². The summed E-state index contributed by atoms with van der Waals surface area (Å²) in [6.45, 7) is 4.46. The lowest BCUT2D eigenvalue weighted by molar-refractivity contribution is -0.130. The zero-order valence-electron chi connectivity index (χ0n) is 18.1. The Morgan fingerprint density at radius 3 is 2.74 bits per heavy atom. The molecule has 0 radical (unpaired) electrons. The molecular formula is C25H31N3O3. The highest BCUT2D eigenvalue weighted by Gasteiger charge is 2.29. The molecule has 1 fully saturated rings. The van der Waals surface area contributed by atoms with Crippen molar-refractivity contribution >= 4 is 23.2 Å². The van der Waals surface area contributed by atoms with E-state index in [2.05, 4.69) is 21.6 Å². The Morgan fingerprint density at radius 2 is 1.94 bits per heavy atom. The Bertz CT molecular complexity index is 924. The van der Waals surface area contributed by atoms with Crippen molar-refractivity contribution in [3.05, 3.63) is 54.1 Å². The highest BCUT2D eigenvalue weighted by molar-refractivity contribution is 5.97. The number of hydrogen-bond acceptors (Lipinski definition) is 4. The number of hydrogen-bond donors (Lipinski definition) is 2. The molecule has 2 amide bonds. The molecule has 2 atom stereocenters. The third-order valence-electron chi connectivity index (χ3n) is 6.04. The third kappa shape index (κ3) is 5.19. The minimum Gasteiger partial charge on any atom is -0.492 e. The molecule has 2 N–H and O–H groups in total. The van der Waals surface area contributed by atoms with Gasteiger partial charge in [-0.05, 0) is 55.5 Å². The van der Waals surface area contributed by atoms with E-state index in [0.29, 0.717) is 19.4 Å². The third-order valence-corrected chi connectivity index (χ3v) is 6.04. The highest BCUT2D eigenvalue weighted by atomic mass is 16.5. The van der Waals surface area contributed by atoms with Crippen LogP contribution in [-0.4, -0.2) is 37.6 Å². The van der Waals surface area contributed by atoms with E-state index >= 15 is 0 Å². The molecule has 0 aliphatic carbocycles. The van der Waals surface area contributed by atoms with Crippen molar-refractivity contribution in [2.24, 2.45) is 5.92 Å². The highest BCUT2D eigenvalue weighted by Crippen LogP contribution is 2.27. The van der Waals surface area contributed by atoms with E-state index in [1.54, 1.807) is 0 Å². The van der Waals surface area contributed by atoms with E-state index in [0.717, 1.165) is 42.2 Å². The van der Waals surface area contributed by atoms with Gasteiger partial charge in [-0.15, -0.1) is 0 Å². The zero-order chi connectivity index (χ0) is 21.6. The fourth-order valence-corrected chi connectivity index (χ4v) is 4.33. The summed E-state index contributed by atoms with van der Waals surface area (Å²) in [5.74, 6) is 0.243. The number of amides is 2. The topological polar surface area (TPSA) is 70.7 Å². The summed E-state index contributed by atoms with van der Waals surface area (Å²) in [6.07, 6.45) is 4.43. The maximum Gasteiger partial charge on any atom is 0.246 e. The van der Waals surface area contributed by atoms with Crippen molar-refractivity contribution in [3.8, 4) is 5.75 Å². The van der Waals surface area contributed by atoms with Gasteiger partial charge in [0.2, 0.25) is 11.8 Å². The van der Waals surface area contributed by atoms with Gasteiger partial charge in [0, 0.05) is 24.5 Å². The Morgan fingerprint density at radius 1 is 1.13 bits per heavy atom. The van der Waals surface area contributed by atoms with Crippen LogP contribution in [0.5, 0.6) is 5.75 Å². The summed E-state index contributed by atoms with van der Waals surface area (Å²) in [5, 5.41) is 5.97. The molecule has 4 rings (SSSR count). The number of carbonyl (C=O) groups excluding carboxylic acids is 2. The Labute approximate surface area is 184 Å². The summed E-state index contributed by atoms with van der Waals surface area (Å²) < 4.78 is 5.75. The largest absolute Gasteiger partial charge is 0.492 e. The fraction of sp³-hybridized carbons (Fsp3) is 0.440. The maximum absolute atomic E-state index is 13.0. The quantitative estimate of drug-likeness (QED) is 0.714. The molecule has 0 aromatic heterocycles. The Hall–Kier alpha value is -3.02. The minimum absolute atomic E-state index is 0.131. The van der Waals surface area contributed by atoms with Gasteiger partial charge >= 0.3 is 0 Å². The van der Waals surface area contributed by atoms with Crippen LogP contribution in [0.25, 0.3) is 0 Å². The summed E-state index contributed by atoms with van der Waals surface area (Å²) in [6, 6.07) is 15.2. The first-order valence-electron chi connectivity index (χ1n) is 11.3. The van der Waals surface area contributed by atoms with Gasteiger partial charge in [0.25, 0.3) is 0 Å². The van der Waals surface area contributed by atoms with Crippen LogP contribution >= 0.6 is 0 Å². The average molecular weight is 422 g/mol. The van der Waals surface area contributed by atoms with E-state index in [1.165, 1.54) is 12.8 Å². The van der Waals surface area contributed by atoms with Gasteiger partial charge in [-0.2, -0.15) is 0 Å². The van der Waals surface area contributed by atoms with Crippen molar-refractivity contribution in [3.63, 3.8) is 0 Å². The number of fused-ring (bicyclic) bond motifs is 1. The predicted octanol–water partition coefficient (Wildman–Crippen LogP) is 3.76. The molecule has 31 heavy (non-hydrogen) atoms. The van der Waals surface area contributed by atoms with E-state index in [1.807, 2.05) is 49.4 Å². The normalized spacial score (nSPS) is 18.6. The van der Waals surface area contributed by atoms with Gasteiger partial charge < -0.3 is 20.3 Å². The smallest absolute Gasteiger partial charge is 0.246 e. The van der Waals surface area contributed by atoms with E-state index in [-0.39, 0.29) is 17.7 Å². The fourth-order valence-electron chi connectivity index (χ4n) is 4.33. The number of ether oxygens (including phenoxy) is 1. The van der Waals surface area contributed by atoms with Crippen molar-refractivity contribution in [2.75, 3.05) is 29.9 Å². The molecule has 2 aliphatic heterocycles. The molecule has 2 aromatic carbocycles. The molecule has 6 nitrogen and oxygen atoms in total. The van der Waals surface area contributed by atoms with Crippen LogP contribution in [0.2, 0.25) is 0 Å². The second kappa shape index (κ2) is 9.86. The monoisotopic (exact) mass is 421 g/mol. The first-order valence-corrected chi connectivity index (χ1v) is 11.3. The number of anilines is 2. The van der Waals surface area contributed by atoms with Gasteiger partial charge in [-0.1, -0.05) is 37.6 Å². The van der Waals surface area contributed by atoms with Crippen LogP contribution in [0.4, 0.5) is 11.4 Å². The van der Waals surface area contributed by atoms with E-state index in [4.69, 9.17) is 4.74 Å². The standard InChI is InChI=1S/C25H31N3O3/c1-2-8-22(27-24(29)19-15-18-9-3-4-12-23(18)31-17-19)25(30)26-20-10-7-11-21(16-20)28-13-5-6-14-28/h3-4,7,9-12,16,19,22H,2,5-6,8,13-15,17H2,1H3,(H,26,30)(H,27,29). The van der Waals surface area contributed by atoms with E-state index in [9.17, 15) is 9.59 Å². The van der Waals surface area contributed by atoms with Crippen LogP contribution < -0.4 is 20.3 Å². The molecular weight excluding hydrogens is 390 g/mol. The van der Waals surface area contributed by atoms with Crippen molar-refractivity contribution < 1.29 is 14.3 Å². The lowest BCUT2D eigenvalue weighted by Crippen LogP contribution is -2.48. The number of para-hydroxylation sites is 1. The molecule has 1 saturated heterocycles. The molecule has 2 aromatic rings. The van der Waals surface area contributed by atoms with Crippen LogP contribution in [0.3, 0.4) is 0 Å². The van der Waals surface area contributed by atoms with Crippen LogP contribution in [-0.2, 0) is 16.0 Å². The summed E-state index contributed by atoms with van der Waals surface area (Å²) in [4.78, 5) is 28.2. The number of carbonyl (C=O) groups is 2. The minimum atomic E-state index is -0.565. The summed E-state index contributed by atoms with van der Waals surface area (Å²) in [5.41, 5.74) is 2.92. The van der Waals surface area contributed by atoms with Crippen LogP contribution in [0, 0.1) is 5.92 Å². The molecule has 2 heterocycles. The second-order valence-electron chi connectivity index (χ2n) is 8.40. The molecule has 164 valence electrons. The molecule has 0 bridgehead atoms. The van der Waals surface area contributed by atoms with Gasteiger partial charge in [-0.3, -0.25) is 9.59 Å². The van der Waals surface area contributed by atoms with Gasteiger partial charge in [-0.25, -0.2) is 0 Å². The summed E-state index contributed by atoms with van der Waals surface area (Å²) in [7, 11) is 0. The van der Waals surface area contributed by atoms with Gasteiger partial charge in [0.15, 0.2) is 0 Å². The predicted molar refractivity (Wildman–Crippen MR) is 122 cm³/mol. The van der Waals surface area contributed by atoms with Crippen LogP contribution in [0.1, 0.15) is 38.2 Å². The van der Waals surface area contributed by atoms with E-state index < -0.39 is 6.04 Å². The molecule has 2 unspecified atom stereocenters. The van der Waals surface area contributed by atoms with Gasteiger partial charge in [0.1, 0.15) is 18.4 Å². The summed E-state index contributed by atoms with van der Waals surface area (Å²) >= 11 is 0. The number of rotatable bonds is 7. The molecule has 0 spiro atoms. The first-order chi connectivity index (χ1) is 15.1. The van der Waals surface area contributed by atoms with Crippen molar-refractivity contribution in [2.45, 2.75) is 45.1 Å². The lowest BCUT2D eigenvalue weighted by Gasteiger charge is -2.26. The molecule has 6 heteroatoms. The molecule has 0 saturated carbocycles. The Kier molecular flexibility index (Phi) is 6.75. The number of benzene rings is 2. The Balaban J connectivity index is 1.38. The number of nitrogens with zero attached hydrogens (tertiary/aromatic N) is 1. The first kappa shape index (κ1) is 21.2. The molecule has 2 aliphatic rings. The zero-order valence-corrected chi connectivity index (χ0v) is 18.1. The van der Waals surface area contributed by atoms with Crippen LogP contribution in [0.15, 0.2) is 48.5 Å². The maximum atomic E-state index is 13.0. The number of nitrogens with one attached hydrogen (secondary N) is 2. The van der Waals surface area contributed by atoms with Gasteiger partial charge in [0.05, 0.1) is 5.92 Å². The lowest BCUT2D eigenvalue weighted by atomic mass is 9.95. The van der Waals surface area contributed by atoms with Crippen molar-refractivity contribution in [1.82, 2.24) is 5.32 Å². The second-order valence-corrected chi connectivity index (χ2v) is 8.40. The SMILES string of the molecule is CCCC(NC(=O)C1COc2ccccc2C1)C(=O)Nc1cccc(N2CCCC2)c1. The average Bonchev–Trinajstić information content (AvgIpc) is 3.33.